The first-order chi connectivity index (χ1) is 10.7. The van der Waals surface area contributed by atoms with Gasteiger partial charge in [0.15, 0.2) is 6.10 Å². The number of hydrogen-bond donors (Lipinski definition) is 0. The van der Waals surface area contributed by atoms with Crippen LogP contribution in [0, 0.1) is 0 Å². The molecular weight excluding hydrogens is 274 g/mol. The fourth-order valence-corrected chi connectivity index (χ4v) is 2.32. The van der Waals surface area contributed by atoms with Crippen LogP contribution in [0.3, 0.4) is 0 Å². The number of ether oxygens (including phenoxy) is 1. The predicted octanol–water partition coefficient (Wildman–Crippen LogP) is 3.89. The first-order valence-electron chi connectivity index (χ1n) is 7.79. The summed E-state index contributed by atoms with van der Waals surface area (Å²) in [4.78, 5) is 14.6. The number of likely N-dealkylation sites (N-methyl/N-ethyl adjacent to an activating group) is 1. The van der Waals surface area contributed by atoms with Gasteiger partial charge >= 0.3 is 0 Å². The van der Waals surface area contributed by atoms with Gasteiger partial charge in [0.25, 0.3) is 5.91 Å². The molecule has 2 aromatic rings. The van der Waals surface area contributed by atoms with Gasteiger partial charge in [0.05, 0.1) is 0 Å². The van der Waals surface area contributed by atoms with Gasteiger partial charge in [-0.05, 0) is 31.0 Å². The largest absolute Gasteiger partial charge is 0.481 e. The Bertz CT molecular complexity index is 517. The molecule has 0 spiro atoms. The molecule has 0 fully saturated rings. The van der Waals surface area contributed by atoms with Crippen LogP contribution in [0.5, 0.6) is 5.75 Å². The Labute approximate surface area is 132 Å². The van der Waals surface area contributed by atoms with Gasteiger partial charge in [0.2, 0.25) is 0 Å². The predicted molar refractivity (Wildman–Crippen MR) is 88.7 cm³/mol. The maximum atomic E-state index is 12.7. The number of nitrogens with zero attached hydrogens (tertiary/aromatic N) is 1. The van der Waals surface area contributed by atoms with Crippen LogP contribution in [0.15, 0.2) is 60.7 Å². The van der Waals surface area contributed by atoms with Gasteiger partial charge in [-0.25, -0.2) is 0 Å². The third kappa shape index (κ3) is 4.35. The van der Waals surface area contributed by atoms with Crippen molar-refractivity contribution >= 4 is 5.91 Å². The molecule has 0 radical (unpaired) electrons. The van der Waals surface area contributed by atoms with Crippen molar-refractivity contribution in [1.29, 1.82) is 0 Å². The number of carbonyl (C=O) groups excluding carboxylic acids is 1. The fourth-order valence-electron chi connectivity index (χ4n) is 2.32. The third-order valence-electron chi connectivity index (χ3n) is 3.58. The number of hydrogen-bond acceptors (Lipinski definition) is 2. The van der Waals surface area contributed by atoms with Crippen molar-refractivity contribution < 1.29 is 9.53 Å². The monoisotopic (exact) mass is 297 g/mol. The second kappa shape index (κ2) is 8.23. The lowest BCUT2D eigenvalue weighted by Gasteiger charge is -2.26. The molecule has 0 N–H and O–H groups in total. The highest BCUT2D eigenvalue weighted by Gasteiger charge is 2.23. The molecule has 0 aliphatic heterocycles. The average Bonchev–Trinajstić information content (AvgIpc) is 2.59. The smallest absolute Gasteiger partial charge is 0.263 e. The molecule has 0 heterocycles. The maximum absolute atomic E-state index is 12.7. The molecule has 22 heavy (non-hydrogen) atoms. The number of rotatable bonds is 7. The van der Waals surface area contributed by atoms with E-state index in [1.54, 1.807) is 0 Å². The summed E-state index contributed by atoms with van der Waals surface area (Å²) >= 11 is 0. The molecule has 0 aliphatic carbocycles. The molecule has 0 aromatic heterocycles. The van der Waals surface area contributed by atoms with E-state index in [2.05, 4.69) is 0 Å². The minimum Gasteiger partial charge on any atom is -0.481 e. The van der Waals surface area contributed by atoms with Crippen molar-refractivity contribution in [3.05, 3.63) is 66.2 Å². The molecule has 2 aromatic carbocycles. The van der Waals surface area contributed by atoms with E-state index < -0.39 is 6.10 Å². The lowest BCUT2D eigenvalue weighted by atomic mass is 10.2. The van der Waals surface area contributed by atoms with E-state index in [1.165, 1.54) is 0 Å². The SMILES string of the molecule is CC[C@@H](Oc1ccccc1)C(=O)N(CC)Cc1ccccc1. The van der Waals surface area contributed by atoms with E-state index in [1.807, 2.05) is 79.4 Å². The first-order valence-corrected chi connectivity index (χ1v) is 7.79. The van der Waals surface area contributed by atoms with E-state index >= 15 is 0 Å². The summed E-state index contributed by atoms with van der Waals surface area (Å²) in [6.45, 7) is 5.26. The highest BCUT2D eigenvalue weighted by atomic mass is 16.5. The van der Waals surface area contributed by atoms with Gasteiger partial charge in [-0.15, -0.1) is 0 Å². The zero-order chi connectivity index (χ0) is 15.8. The fraction of sp³-hybridized carbons (Fsp3) is 0.316. The highest BCUT2D eigenvalue weighted by Crippen LogP contribution is 2.15. The van der Waals surface area contributed by atoms with E-state index in [9.17, 15) is 4.79 Å². The molecular formula is C19H23NO2. The summed E-state index contributed by atoms with van der Waals surface area (Å²) in [6.07, 6.45) is 0.213. The van der Waals surface area contributed by atoms with Crippen LogP contribution in [0.25, 0.3) is 0 Å². The van der Waals surface area contributed by atoms with Gasteiger partial charge in [-0.3, -0.25) is 4.79 Å². The Hall–Kier alpha value is -2.29. The van der Waals surface area contributed by atoms with Gasteiger partial charge in [-0.1, -0.05) is 55.5 Å². The van der Waals surface area contributed by atoms with Crippen LogP contribution in [-0.2, 0) is 11.3 Å². The summed E-state index contributed by atoms with van der Waals surface area (Å²) in [5.74, 6) is 0.774. The molecule has 2 rings (SSSR count). The van der Waals surface area contributed by atoms with Crippen LogP contribution >= 0.6 is 0 Å². The number of benzene rings is 2. The maximum Gasteiger partial charge on any atom is 0.263 e. The van der Waals surface area contributed by atoms with Crippen LogP contribution in [0.4, 0.5) is 0 Å². The van der Waals surface area contributed by atoms with E-state index in [4.69, 9.17) is 4.74 Å². The molecule has 1 amide bonds. The van der Waals surface area contributed by atoms with Crippen molar-refractivity contribution in [2.75, 3.05) is 6.54 Å². The van der Waals surface area contributed by atoms with Crippen molar-refractivity contribution in [2.45, 2.75) is 32.9 Å². The molecule has 3 nitrogen and oxygen atoms in total. The van der Waals surface area contributed by atoms with E-state index in [0.29, 0.717) is 19.5 Å². The molecule has 0 saturated heterocycles. The van der Waals surface area contributed by atoms with Crippen molar-refractivity contribution in [3.63, 3.8) is 0 Å². The molecule has 0 aliphatic rings. The topological polar surface area (TPSA) is 29.5 Å². The molecule has 0 bridgehead atoms. The van der Waals surface area contributed by atoms with Crippen molar-refractivity contribution in [1.82, 2.24) is 4.90 Å². The Morgan fingerprint density at radius 1 is 1.00 bits per heavy atom. The van der Waals surface area contributed by atoms with Crippen molar-refractivity contribution in [2.24, 2.45) is 0 Å². The second-order valence-electron chi connectivity index (χ2n) is 5.17. The second-order valence-corrected chi connectivity index (χ2v) is 5.17. The zero-order valence-corrected chi connectivity index (χ0v) is 13.2. The van der Waals surface area contributed by atoms with Crippen LogP contribution < -0.4 is 4.74 Å². The first kappa shape index (κ1) is 16.1. The number of amides is 1. The lowest BCUT2D eigenvalue weighted by molar-refractivity contribution is -0.139. The lowest BCUT2D eigenvalue weighted by Crippen LogP contribution is -2.41. The Morgan fingerprint density at radius 2 is 1.59 bits per heavy atom. The van der Waals surface area contributed by atoms with Crippen LogP contribution in [0.1, 0.15) is 25.8 Å². The van der Waals surface area contributed by atoms with Gasteiger partial charge in [0, 0.05) is 13.1 Å². The Balaban J connectivity index is 2.05. The van der Waals surface area contributed by atoms with Crippen molar-refractivity contribution in [3.8, 4) is 5.75 Å². The summed E-state index contributed by atoms with van der Waals surface area (Å²) in [6, 6.07) is 19.5. The molecule has 0 saturated carbocycles. The van der Waals surface area contributed by atoms with Gasteiger partial charge in [-0.2, -0.15) is 0 Å². The van der Waals surface area contributed by atoms with E-state index in [0.717, 1.165) is 11.3 Å². The number of carbonyl (C=O) groups is 1. The van der Waals surface area contributed by atoms with Crippen LogP contribution in [-0.4, -0.2) is 23.5 Å². The minimum absolute atomic E-state index is 0.0395. The molecule has 3 heteroatoms. The third-order valence-corrected chi connectivity index (χ3v) is 3.58. The Morgan fingerprint density at radius 3 is 2.14 bits per heavy atom. The molecule has 1 atom stereocenters. The van der Waals surface area contributed by atoms with Gasteiger partial charge in [0.1, 0.15) is 5.75 Å². The quantitative estimate of drug-likeness (QED) is 0.776. The van der Waals surface area contributed by atoms with Gasteiger partial charge < -0.3 is 9.64 Å². The summed E-state index contributed by atoms with van der Waals surface area (Å²) in [5.41, 5.74) is 1.13. The average molecular weight is 297 g/mol. The standard InChI is InChI=1S/C19H23NO2/c1-3-18(22-17-13-9-6-10-14-17)19(21)20(4-2)15-16-11-7-5-8-12-16/h5-14,18H,3-4,15H2,1-2H3/t18-/m1/s1. The summed E-state index contributed by atoms with van der Waals surface area (Å²) in [5, 5.41) is 0. The minimum atomic E-state index is -0.439. The van der Waals surface area contributed by atoms with Crippen LogP contribution in [0.2, 0.25) is 0 Å². The highest BCUT2D eigenvalue weighted by molar-refractivity contribution is 5.81. The molecule has 116 valence electrons. The zero-order valence-electron chi connectivity index (χ0n) is 13.2. The summed E-state index contributed by atoms with van der Waals surface area (Å²) < 4.78 is 5.85. The summed E-state index contributed by atoms with van der Waals surface area (Å²) in [7, 11) is 0. The molecule has 0 unspecified atom stereocenters. The normalized spacial score (nSPS) is 11.7. The Kier molecular flexibility index (Phi) is 6.01. The van der Waals surface area contributed by atoms with E-state index in [-0.39, 0.29) is 5.91 Å². The number of para-hydroxylation sites is 1.